The van der Waals surface area contributed by atoms with E-state index in [1.165, 1.54) is 48.7 Å². The Kier molecular flexibility index (Phi) is 6.04. The maximum atomic E-state index is 12.5. The molecule has 0 saturated carbocycles. The van der Waals surface area contributed by atoms with Crippen LogP contribution < -0.4 is 5.43 Å². The molecule has 0 aliphatic heterocycles. The van der Waals surface area contributed by atoms with Crippen LogP contribution in [0, 0.1) is 13.8 Å². The van der Waals surface area contributed by atoms with Gasteiger partial charge in [-0.25, -0.2) is 10.2 Å². The standard InChI is InChI=1S/C21H19N3O6S/c1-13-3-4-14(2)24(13)19-11-16(7-10-18(19)21(26)27)20(25)23-22-12-15-5-8-17(9-6-15)31(28,29)30/h3-12H,1-2H3,(H,23,25)(H,26,27)(H,28,29,30). The van der Waals surface area contributed by atoms with Crippen LogP contribution in [0.25, 0.3) is 5.69 Å². The lowest BCUT2D eigenvalue weighted by atomic mass is 10.1. The number of nitrogens with zero attached hydrogens (tertiary/aromatic N) is 2. The summed E-state index contributed by atoms with van der Waals surface area (Å²) in [6.45, 7) is 3.67. The summed E-state index contributed by atoms with van der Waals surface area (Å²) < 4.78 is 32.8. The predicted octanol–water partition coefficient (Wildman–Crippen LogP) is 2.80. The van der Waals surface area contributed by atoms with Crippen LogP contribution in [0.5, 0.6) is 0 Å². The molecule has 0 spiro atoms. The molecule has 1 heterocycles. The van der Waals surface area contributed by atoms with Gasteiger partial charge in [-0.3, -0.25) is 9.35 Å². The summed E-state index contributed by atoms with van der Waals surface area (Å²) in [6.07, 6.45) is 1.30. The topological polar surface area (TPSA) is 138 Å². The Labute approximate surface area is 178 Å². The molecule has 1 aromatic heterocycles. The summed E-state index contributed by atoms with van der Waals surface area (Å²) in [5.74, 6) is -1.66. The molecular formula is C21H19N3O6S. The van der Waals surface area contributed by atoms with Gasteiger partial charge in [-0.1, -0.05) is 12.1 Å². The fourth-order valence-corrected chi connectivity index (χ4v) is 3.52. The highest BCUT2D eigenvalue weighted by Gasteiger charge is 2.17. The highest BCUT2D eigenvalue weighted by Crippen LogP contribution is 2.22. The van der Waals surface area contributed by atoms with Crippen LogP contribution in [-0.4, -0.2) is 40.7 Å². The van der Waals surface area contributed by atoms with Crippen LogP contribution in [0.2, 0.25) is 0 Å². The molecule has 0 fully saturated rings. The molecule has 0 unspecified atom stereocenters. The molecule has 0 atom stereocenters. The molecule has 2 aromatic carbocycles. The van der Waals surface area contributed by atoms with E-state index in [2.05, 4.69) is 10.5 Å². The van der Waals surface area contributed by atoms with E-state index in [0.29, 0.717) is 11.3 Å². The number of amides is 1. The van der Waals surface area contributed by atoms with Gasteiger partial charge in [-0.15, -0.1) is 0 Å². The molecule has 9 nitrogen and oxygen atoms in total. The van der Waals surface area contributed by atoms with Crippen LogP contribution in [0.3, 0.4) is 0 Å². The van der Waals surface area contributed by atoms with Crippen molar-refractivity contribution in [2.75, 3.05) is 0 Å². The van der Waals surface area contributed by atoms with E-state index >= 15 is 0 Å². The number of carbonyl (C=O) groups is 2. The zero-order chi connectivity index (χ0) is 22.8. The van der Waals surface area contributed by atoms with E-state index in [1.807, 2.05) is 26.0 Å². The normalized spacial score (nSPS) is 11.6. The minimum absolute atomic E-state index is 0.0568. The Hall–Kier alpha value is -3.76. The number of aryl methyl sites for hydroxylation is 2. The van der Waals surface area contributed by atoms with Gasteiger partial charge >= 0.3 is 5.97 Å². The summed E-state index contributed by atoms with van der Waals surface area (Å²) in [5, 5.41) is 13.4. The molecule has 0 bridgehead atoms. The van der Waals surface area contributed by atoms with Crippen LogP contribution >= 0.6 is 0 Å². The molecule has 3 N–H and O–H groups in total. The van der Waals surface area contributed by atoms with Gasteiger partial charge in [-0.2, -0.15) is 13.5 Å². The molecule has 0 radical (unpaired) electrons. The SMILES string of the molecule is Cc1ccc(C)n1-c1cc(C(=O)NN=Cc2ccc(S(=O)(=O)O)cc2)ccc1C(=O)O. The number of hydrazone groups is 1. The van der Waals surface area contributed by atoms with E-state index in [9.17, 15) is 23.1 Å². The zero-order valence-electron chi connectivity index (χ0n) is 16.6. The second-order valence-corrected chi connectivity index (χ2v) is 8.15. The number of benzene rings is 2. The average Bonchev–Trinajstić information content (AvgIpc) is 3.05. The Morgan fingerprint density at radius 3 is 2.16 bits per heavy atom. The summed E-state index contributed by atoms with van der Waals surface area (Å²) in [4.78, 5) is 23.9. The van der Waals surface area contributed by atoms with Crippen molar-refractivity contribution in [2.45, 2.75) is 18.7 Å². The molecule has 0 aliphatic carbocycles. The van der Waals surface area contributed by atoms with Crippen molar-refractivity contribution >= 4 is 28.2 Å². The van der Waals surface area contributed by atoms with Crippen molar-refractivity contribution < 1.29 is 27.7 Å². The molecule has 3 aromatic rings. The smallest absolute Gasteiger partial charge is 0.337 e. The highest BCUT2D eigenvalue weighted by atomic mass is 32.2. The molecule has 31 heavy (non-hydrogen) atoms. The monoisotopic (exact) mass is 441 g/mol. The number of rotatable bonds is 6. The van der Waals surface area contributed by atoms with Gasteiger partial charge in [0.2, 0.25) is 0 Å². The van der Waals surface area contributed by atoms with Gasteiger partial charge in [0.25, 0.3) is 16.0 Å². The number of hydrogen-bond donors (Lipinski definition) is 3. The number of carbonyl (C=O) groups excluding carboxylic acids is 1. The fraction of sp³-hybridized carbons (Fsp3) is 0.0952. The summed E-state index contributed by atoms with van der Waals surface area (Å²) in [6, 6.07) is 13.2. The van der Waals surface area contributed by atoms with Crippen LogP contribution in [0.15, 0.2) is 64.6 Å². The van der Waals surface area contributed by atoms with Crippen molar-refractivity contribution in [1.82, 2.24) is 9.99 Å². The Morgan fingerprint density at radius 2 is 1.61 bits per heavy atom. The van der Waals surface area contributed by atoms with Gasteiger partial charge in [0.15, 0.2) is 0 Å². The van der Waals surface area contributed by atoms with Gasteiger partial charge in [0.1, 0.15) is 0 Å². The van der Waals surface area contributed by atoms with E-state index in [1.54, 1.807) is 4.57 Å². The maximum absolute atomic E-state index is 12.5. The summed E-state index contributed by atoms with van der Waals surface area (Å²) in [7, 11) is -4.29. The van der Waals surface area contributed by atoms with Crippen molar-refractivity contribution in [3.8, 4) is 5.69 Å². The molecule has 3 rings (SSSR count). The predicted molar refractivity (Wildman–Crippen MR) is 114 cm³/mol. The third-order valence-electron chi connectivity index (χ3n) is 4.56. The fourth-order valence-electron chi connectivity index (χ4n) is 3.04. The molecular weight excluding hydrogens is 422 g/mol. The van der Waals surface area contributed by atoms with Crippen LogP contribution in [-0.2, 0) is 10.1 Å². The quantitative estimate of drug-likeness (QED) is 0.305. The zero-order valence-corrected chi connectivity index (χ0v) is 17.4. The molecule has 10 heteroatoms. The lowest BCUT2D eigenvalue weighted by molar-refractivity contribution is 0.0696. The van der Waals surface area contributed by atoms with Crippen molar-refractivity contribution in [3.63, 3.8) is 0 Å². The number of nitrogens with one attached hydrogen (secondary N) is 1. The first-order valence-electron chi connectivity index (χ1n) is 9.01. The Balaban J connectivity index is 1.83. The number of carboxylic acids is 1. The van der Waals surface area contributed by atoms with E-state index < -0.39 is 22.0 Å². The van der Waals surface area contributed by atoms with E-state index in [0.717, 1.165) is 11.4 Å². The van der Waals surface area contributed by atoms with Crippen LogP contribution in [0.4, 0.5) is 0 Å². The first-order valence-corrected chi connectivity index (χ1v) is 10.5. The largest absolute Gasteiger partial charge is 0.478 e. The van der Waals surface area contributed by atoms with Gasteiger partial charge < -0.3 is 9.67 Å². The number of aromatic carboxylic acids is 1. The van der Waals surface area contributed by atoms with E-state index in [-0.39, 0.29) is 16.0 Å². The van der Waals surface area contributed by atoms with Gasteiger partial charge in [0.05, 0.1) is 22.4 Å². The maximum Gasteiger partial charge on any atom is 0.337 e. The number of hydrogen-bond acceptors (Lipinski definition) is 5. The molecule has 1 amide bonds. The lowest BCUT2D eigenvalue weighted by Gasteiger charge is -2.14. The summed E-state index contributed by atoms with van der Waals surface area (Å²) in [5.41, 5.74) is 5.13. The first kappa shape index (κ1) is 21.9. The van der Waals surface area contributed by atoms with Crippen LogP contribution in [0.1, 0.15) is 37.7 Å². The van der Waals surface area contributed by atoms with Crippen molar-refractivity contribution in [2.24, 2.45) is 5.10 Å². The third-order valence-corrected chi connectivity index (χ3v) is 5.43. The molecule has 0 saturated heterocycles. The molecule has 160 valence electrons. The van der Waals surface area contributed by atoms with E-state index in [4.69, 9.17) is 4.55 Å². The first-order chi connectivity index (χ1) is 14.6. The van der Waals surface area contributed by atoms with Crippen molar-refractivity contribution in [3.05, 3.63) is 82.7 Å². The van der Waals surface area contributed by atoms with Crippen molar-refractivity contribution in [1.29, 1.82) is 0 Å². The Morgan fingerprint density at radius 1 is 1.00 bits per heavy atom. The Bertz CT molecular complexity index is 1270. The lowest BCUT2D eigenvalue weighted by Crippen LogP contribution is -2.19. The van der Waals surface area contributed by atoms with Gasteiger partial charge in [0, 0.05) is 17.0 Å². The van der Waals surface area contributed by atoms with Gasteiger partial charge in [-0.05, 0) is 61.9 Å². The second-order valence-electron chi connectivity index (χ2n) is 6.73. The molecule has 0 aliphatic rings. The number of aromatic nitrogens is 1. The minimum Gasteiger partial charge on any atom is -0.478 e. The number of carboxylic acid groups (broad SMARTS) is 1. The summed E-state index contributed by atoms with van der Waals surface area (Å²) >= 11 is 0. The second kappa shape index (κ2) is 8.54. The highest BCUT2D eigenvalue weighted by molar-refractivity contribution is 7.85. The average molecular weight is 441 g/mol. The third kappa shape index (κ3) is 4.87. The minimum atomic E-state index is -4.29.